The Morgan fingerprint density at radius 1 is 1.07 bits per heavy atom. The molecule has 1 aliphatic rings. The molecular formula is C23H23N5O. The predicted octanol–water partition coefficient (Wildman–Crippen LogP) is 4.71. The molecule has 0 aliphatic carbocycles. The van der Waals surface area contributed by atoms with Crippen LogP contribution in [0, 0.1) is 6.92 Å². The van der Waals surface area contributed by atoms with Crippen LogP contribution in [0.3, 0.4) is 0 Å². The zero-order valence-electron chi connectivity index (χ0n) is 16.4. The number of H-pyrrole nitrogens is 1. The Morgan fingerprint density at radius 2 is 1.97 bits per heavy atom. The standard InChI is InChI=1S/C23H23N5O/c1-15-21(18-10-4-5-11-19(18)24-15)23(29)25-17-9-7-8-16(14-17)22-27-26-20-12-3-2-6-13-28(20)22/h4-5,7-11,14,24H,2-3,6,12-13H2,1H3,(H,25,29). The summed E-state index contributed by atoms with van der Waals surface area (Å²) in [6.45, 7) is 2.87. The second-order valence-corrected chi connectivity index (χ2v) is 7.61. The van der Waals surface area contributed by atoms with E-state index in [1.807, 2.05) is 55.5 Å². The predicted molar refractivity (Wildman–Crippen MR) is 114 cm³/mol. The van der Waals surface area contributed by atoms with Gasteiger partial charge in [-0.2, -0.15) is 0 Å². The van der Waals surface area contributed by atoms with Crippen molar-refractivity contribution in [3.05, 3.63) is 65.6 Å². The first kappa shape index (κ1) is 17.7. The Labute approximate surface area is 169 Å². The van der Waals surface area contributed by atoms with Gasteiger partial charge < -0.3 is 14.9 Å². The molecule has 2 aromatic heterocycles. The molecule has 5 rings (SSSR count). The molecule has 0 atom stereocenters. The summed E-state index contributed by atoms with van der Waals surface area (Å²) in [6.07, 6.45) is 4.51. The number of nitrogens with one attached hydrogen (secondary N) is 2. The molecule has 0 saturated heterocycles. The number of fused-ring (bicyclic) bond motifs is 2. The Balaban J connectivity index is 1.46. The van der Waals surface area contributed by atoms with Crippen LogP contribution in [0.25, 0.3) is 22.3 Å². The smallest absolute Gasteiger partial charge is 0.258 e. The number of nitrogens with zero attached hydrogens (tertiary/aromatic N) is 3. The highest BCUT2D eigenvalue weighted by Crippen LogP contribution is 2.26. The van der Waals surface area contributed by atoms with Crippen molar-refractivity contribution < 1.29 is 4.79 Å². The lowest BCUT2D eigenvalue weighted by Gasteiger charge is -2.10. The van der Waals surface area contributed by atoms with E-state index >= 15 is 0 Å². The average Bonchev–Trinajstić information content (AvgIpc) is 3.19. The van der Waals surface area contributed by atoms with Crippen LogP contribution in [-0.2, 0) is 13.0 Å². The maximum Gasteiger partial charge on any atom is 0.258 e. The Hall–Kier alpha value is -3.41. The Bertz CT molecular complexity index is 1200. The minimum atomic E-state index is -0.114. The fourth-order valence-corrected chi connectivity index (χ4v) is 4.20. The van der Waals surface area contributed by atoms with Crippen molar-refractivity contribution in [3.8, 4) is 11.4 Å². The van der Waals surface area contributed by atoms with Crippen LogP contribution in [0.1, 0.15) is 41.1 Å². The molecule has 6 heteroatoms. The summed E-state index contributed by atoms with van der Waals surface area (Å²) in [6, 6.07) is 15.7. The number of amides is 1. The largest absolute Gasteiger partial charge is 0.358 e. The molecule has 4 aromatic rings. The number of aromatic nitrogens is 4. The molecule has 0 bridgehead atoms. The van der Waals surface area contributed by atoms with Gasteiger partial charge in [0.1, 0.15) is 5.82 Å². The van der Waals surface area contributed by atoms with Crippen molar-refractivity contribution in [3.63, 3.8) is 0 Å². The molecule has 0 spiro atoms. The van der Waals surface area contributed by atoms with E-state index in [0.717, 1.165) is 65.3 Å². The third-order valence-corrected chi connectivity index (χ3v) is 5.61. The summed E-state index contributed by atoms with van der Waals surface area (Å²) in [5, 5.41) is 12.8. The zero-order chi connectivity index (χ0) is 19.8. The van der Waals surface area contributed by atoms with Gasteiger partial charge in [-0.3, -0.25) is 4.79 Å². The molecular weight excluding hydrogens is 362 g/mol. The van der Waals surface area contributed by atoms with E-state index < -0.39 is 0 Å². The summed E-state index contributed by atoms with van der Waals surface area (Å²) >= 11 is 0. The Kier molecular flexibility index (Phi) is 4.39. The van der Waals surface area contributed by atoms with E-state index in [1.165, 1.54) is 6.42 Å². The van der Waals surface area contributed by atoms with Crippen molar-refractivity contribution in [1.82, 2.24) is 19.7 Å². The number of carbonyl (C=O) groups excluding carboxylic acids is 1. The molecule has 29 heavy (non-hydrogen) atoms. The monoisotopic (exact) mass is 385 g/mol. The van der Waals surface area contributed by atoms with Crippen molar-refractivity contribution in [2.24, 2.45) is 0 Å². The molecule has 2 N–H and O–H groups in total. The lowest BCUT2D eigenvalue weighted by Crippen LogP contribution is -2.13. The first-order chi connectivity index (χ1) is 14.2. The van der Waals surface area contributed by atoms with Crippen molar-refractivity contribution in [2.75, 3.05) is 5.32 Å². The van der Waals surface area contributed by atoms with E-state index in [9.17, 15) is 4.79 Å². The molecule has 2 aromatic carbocycles. The van der Waals surface area contributed by atoms with E-state index in [2.05, 4.69) is 25.1 Å². The molecule has 146 valence electrons. The van der Waals surface area contributed by atoms with Gasteiger partial charge in [0.15, 0.2) is 5.82 Å². The van der Waals surface area contributed by atoms with Crippen molar-refractivity contribution >= 4 is 22.5 Å². The first-order valence-corrected chi connectivity index (χ1v) is 10.1. The molecule has 0 saturated carbocycles. The van der Waals surface area contributed by atoms with Crippen LogP contribution >= 0.6 is 0 Å². The van der Waals surface area contributed by atoms with Gasteiger partial charge in [0.25, 0.3) is 5.91 Å². The van der Waals surface area contributed by atoms with Gasteiger partial charge in [0.2, 0.25) is 0 Å². The number of aryl methyl sites for hydroxylation is 2. The van der Waals surface area contributed by atoms with Crippen LogP contribution in [-0.4, -0.2) is 25.7 Å². The van der Waals surface area contributed by atoms with Crippen LogP contribution in [0.2, 0.25) is 0 Å². The van der Waals surface area contributed by atoms with E-state index in [0.29, 0.717) is 5.56 Å². The summed E-state index contributed by atoms with van der Waals surface area (Å²) in [5.41, 5.74) is 4.24. The van der Waals surface area contributed by atoms with E-state index in [4.69, 9.17) is 0 Å². The quantitative estimate of drug-likeness (QED) is 0.536. The zero-order valence-corrected chi connectivity index (χ0v) is 16.4. The Morgan fingerprint density at radius 3 is 2.90 bits per heavy atom. The van der Waals surface area contributed by atoms with Gasteiger partial charge in [0.05, 0.1) is 5.56 Å². The second kappa shape index (κ2) is 7.20. The summed E-state index contributed by atoms with van der Waals surface area (Å²) in [5.74, 6) is 1.82. The lowest BCUT2D eigenvalue weighted by atomic mass is 10.1. The lowest BCUT2D eigenvalue weighted by molar-refractivity contribution is 0.102. The molecule has 1 amide bonds. The third kappa shape index (κ3) is 3.20. The number of carbonyl (C=O) groups is 1. The number of hydrogen-bond acceptors (Lipinski definition) is 3. The SMILES string of the molecule is Cc1[nH]c2ccccc2c1C(=O)Nc1cccc(-c2nnc3n2CCCCC3)c1. The highest BCUT2D eigenvalue weighted by Gasteiger charge is 2.18. The van der Waals surface area contributed by atoms with E-state index in [1.54, 1.807) is 0 Å². The number of benzene rings is 2. The number of anilines is 1. The number of rotatable bonds is 3. The maximum atomic E-state index is 13.0. The fourth-order valence-electron chi connectivity index (χ4n) is 4.20. The highest BCUT2D eigenvalue weighted by atomic mass is 16.1. The summed E-state index contributed by atoms with van der Waals surface area (Å²) < 4.78 is 2.22. The normalized spacial score (nSPS) is 13.8. The fraction of sp³-hybridized carbons (Fsp3) is 0.261. The highest BCUT2D eigenvalue weighted by molar-refractivity contribution is 6.14. The number of hydrogen-bond donors (Lipinski definition) is 2. The van der Waals surface area contributed by atoms with Gasteiger partial charge in [-0.15, -0.1) is 10.2 Å². The average molecular weight is 385 g/mol. The summed E-state index contributed by atoms with van der Waals surface area (Å²) in [4.78, 5) is 16.3. The van der Waals surface area contributed by atoms with Gasteiger partial charge in [0, 0.05) is 40.8 Å². The minimum Gasteiger partial charge on any atom is -0.358 e. The van der Waals surface area contributed by atoms with Crippen LogP contribution < -0.4 is 5.32 Å². The molecule has 0 radical (unpaired) electrons. The molecule has 6 nitrogen and oxygen atoms in total. The minimum absolute atomic E-state index is 0.114. The van der Waals surface area contributed by atoms with Crippen molar-refractivity contribution in [1.29, 1.82) is 0 Å². The number of para-hydroxylation sites is 1. The van der Waals surface area contributed by atoms with Crippen LogP contribution in [0.15, 0.2) is 48.5 Å². The van der Waals surface area contributed by atoms with Crippen LogP contribution in [0.5, 0.6) is 0 Å². The van der Waals surface area contributed by atoms with Crippen LogP contribution in [0.4, 0.5) is 5.69 Å². The molecule has 0 unspecified atom stereocenters. The third-order valence-electron chi connectivity index (χ3n) is 5.61. The molecule has 0 fully saturated rings. The van der Waals surface area contributed by atoms with E-state index in [-0.39, 0.29) is 5.91 Å². The van der Waals surface area contributed by atoms with Gasteiger partial charge in [-0.05, 0) is 38.0 Å². The molecule has 3 heterocycles. The first-order valence-electron chi connectivity index (χ1n) is 10.1. The summed E-state index contributed by atoms with van der Waals surface area (Å²) in [7, 11) is 0. The number of aromatic amines is 1. The molecule has 1 aliphatic heterocycles. The van der Waals surface area contributed by atoms with Gasteiger partial charge in [-0.1, -0.05) is 36.8 Å². The van der Waals surface area contributed by atoms with Crippen molar-refractivity contribution in [2.45, 2.75) is 39.2 Å². The maximum absolute atomic E-state index is 13.0. The second-order valence-electron chi connectivity index (χ2n) is 7.61. The topological polar surface area (TPSA) is 75.6 Å². The van der Waals surface area contributed by atoms with Gasteiger partial charge in [-0.25, -0.2) is 0 Å². The van der Waals surface area contributed by atoms with Gasteiger partial charge >= 0.3 is 0 Å².